The van der Waals surface area contributed by atoms with Crippen molar-refractivity contribution in [2.24, 2.45) is 5.92 Å². The number of carboxylic acid groups (broad SMARTS) is 1. The molecular formula is C7H12O3. The molecule has 0 aromatic carbocycles. The molecule has 0 aromatic heterocycles. The number of carbonyl (C=O) groups is 1. The first-order valence-electron chi connectivity index (χ1n) is 3.54. The second kappa shape index (κ2) is 3.01. The summed E-state index contributed by atoms with van der Waals surface area (Å²) in [5.41, 5.74) is 0. The van der Waals surface area contributed by atoms with Crippen LogP contribution in [0.25, 0.3) is 0 Å². The van der Waals surface area contributed by atoms with E-state index in [4.69, 9.17) is 9.84 Å². The minimum atomic E-state index is -0.685. The van der Waals surface area contributed by atoms with E-state index in [1.54, 1.807) is 0 Å². The number of aliphatic carboxylic acids is 1. The van der Waals surface area contributed by atoms with E-state index in [9.17, 15) is 4.79 Å². The van der Waals surface area contributed by atoms with Gasteiger partial charge in [0.2, 0.25) is 0 Å². The average Bonchev–Trinajstić information content (AvgIpc) is 1.88. The van der Waals surface area contributed by atoms with Gasteiger partial charge in [-0.25, -0.2) is 0 Å². The fourth-order valence-electron chi connectivity index (χ4n) is 1.22. The monoisotopic (exact) mass is 144 g/mol. The molecule has 10 heavy (non-hydrogen) atoms. The third kappa shape index (κ3) is 1.70. The van der Waals surface area contributed by atoms with Crippen molar-refractivity contribution in [2.45, 2.75) is 25.9 Å². The van der Waals surface area contributed by atoms with E-state index >= 15 is 0 Å². The van der Waals surface area contributed by atoms with E-state index in [1.807, 2.05) is 6.92 Å². The summed E-state index contributed by atoms with van der Waals surface area (Å²) in [5, 5.41) is 8.60. The van der Waals surface area contributed by atoms with Crippen LogP contribution >= 0.6 is 0 Å². The average molecular weight is 144 g/mol. The van der Waals surface area contributed by atoms with Crippen LogP contribution in [0, 0.1) is 5.92 Å². The van der Waals surface area contributed by atoms with Crippen LogP contribution in [0.2, 0.25) is 0 Å². The van der Waals surface area contributed by atoms with Crippen LogP contribution in [-0.4, -0.2) is 23.8 Å². The number of ether oxygens (including phenoxy) is 1. The predicted octanol–water partition coefficient (Wildman–Crippen LogP) is 0.886. The van der Waals surface area contributed by atoms with Gasteiger partial charge in [0.25, 0.3) is 0 Å². The van der Waals surface area contributed by atoms with Crippen molar-refractivity contribution < 1.29 is 14.6 Å². The summed E-state index contributed by atoms with van der Waals surface area (Å²) in [5.74, 6) is -0.862. The van der Waals surface area contributed by atoms with Gasteiger partial charge in [-0.3, -0.25) is 4.79 Å². The maximum atomic E-state index is 10.4. The Kier molecular flexibility index (Phi) is 2.27. The lowest BCUT2D eigenvalue weighted by Crippen LogP contribution is -2.28. The Morgan fingerprint density at radius 3 is 2.80 bits per heavy atom. The van der Waals surface area contributed by atoms with Gasteiger partial charge in [0.05, 0.1) is 12.0 Å². The largest absolute Gasteiger partial charge is 0.481 e. The Hall–Kier alpha value is -0.570. The quantitative estimate of drug-likeness (QED) is 0.594. The third-order valence-corrected chi connectivity index (χ3v) is 1.83. The van der Waals surface area contributed by atoms with Crippen LogP contribution in [0.1, 0.15) is 19.8 Å². The van der Waals surface area contributed by atoms with Crippen LogP contribution in [0.3, 0.4) is 0 Å². The topological polar surface area (TPSA) is 46.5 Å². The molecule has 0 radical (unpaired) electrons. The van der Waals surface area contributed by atoms with Gasteiger partial charge >= 0.3 is 5.97 Å². The summed E-state index contributed by atoms with van der Waals surface area (Å²) in [4.78, 5) is 10.4. The first kappa shape index (κ1) is 7.54. The first-order chi connectivity index (χ1) is 4.70. The maximum absolute atomic E-state index is 10.4. The molecule has 0 aliphatic carbocycles. The maximum Gasteiger partial charge on any atom is 0.306 e. The highest BCUT2D eigenvalue weighted by molar-refractivity contribution is 5.70. The molecule has 1 heterocycles. The van der Waals surface area contributed by atoms with Crippen molar-refractivity contribution in [3.63, 3.8) is 0 Å². The van der Waals surface area contributed by atoms with E-state index in [2.05, 4.69) is 0 Å². The lowest BCUT2D eigenvalue weighted by molar-refractivity contribution is -0.146. The highest BCUT2D eigenvalue weighted by Crippen LogP contribution is 2.19. The number of carboxylic acids is 1. The Bertz CT molecular complexity index is 133. The minimum absolute atomic E-state index is 0.120. The second-order valence-corrected chi connectivity index (χ2v) is 2.74. The molecule has 0 spiro atoms. The van der Waals surface area contributed by atoms with Crippen LogP contribution < -0.4 is 0 Å². The summed E-state index contributed by atoms with van der Waals surface area (Å²) in [6.45, 7) is 2.51. The van der Waals surface area contributed by atoms with Gasteiger partial charge in [0.1, 0.15) is 0 Å². The van der Waals surface area contributed by atoms with Crippen molar-refractivity contribution in [3.8, 4) is 0 Å². The minimum Gasteiger partial charge on any atom is -0.481 e. The highest BCUT2D eigenvalue weighted by atomic mass is 16.5. The zero-order valence-electron chi connectivity index (χ0n) is 6.04. The molecule has 0 aromatic rings. The van der Waals surface area contributed by atoms with Gasteiger partial charge < -0.3 is 9.84 Å². The van der Waals surface area contributed by atoms with Crippen LogP contribution in [0.5, 0.6) is 0 Å². The van der Waals surface area contributed by atoms with E-state index in [-0.39, 0.29) is 12.0 Å². The van der Waals surface area contributed by atoms with Gasteiger partial charge in [-0.05, 0) is 19.8 Å². The van der Waals surface area contributed by atoms with E-state index in [0.717, 1.165) is 0 Å². The van der Waals surface area contributed by atoms with Crippen LogP contribution in [-0.2, 0) is 9.53 Å². The molecule has 58 valence electrons. The molecule has 0 unspecified atom stereocenters. The van der Waals surface area contributed by atoms with Gasteiger partial charge in [-0.15, -0.1) is 0 Å². The Labute approximate surface area is 60.0 Å². The molecule has 1 N–H and O–H groups in total. The summed E-state index contributed by atoms with van der Waals surface area (Å²) in [7, 11) is 0. The van der Waals surface area contributed by atoms with Crippen LogP contribution in [0.4, 0.5) is 0 Å². The van der Waals surface area contributed by atoms with Crippen molar-refractivity contribution in [1.29, 1.82) is 0 Å². The third-order valence-electron chi connectivity index (χ3n) is 1.83. The lowest BCUT2D eigenvalue weighted by atomic mass is 9.97. The number of rotatable bonds is 1. The Balaban J connectivity index is 2.39. The van der Waals surface area contributed by atoms with Crippen molar-refractivity contribution in [1.82, 2.24) is 0 Å². The van der Waals surface area contributed by atoms with E-state index in [1.165, 1.54) is 0 Å². The predicted molar refractivity (Wildman–Crippen MR) is 35.8 cm³/mol. The SMILES string of the molecule is C[C@H]1C[C@@H](C(=O)O)CCO1. The molecule has 0 amide bonds. The molecular weight excluding hydrogens is 132 g/mol. The lowest BCUT2D eigenvalue weighted by Gasteiger charge is -2.23. The van der Waals surface area contributed by atoms with E-state index < -0.39 is 5.97 Å². The summed E-state index contributed by atoms with van der Waals surface area (Å²) in [6.07, 6.45) is 1.45. The molecule has 3 nitrogen and oxygen atoms in total. The highest BCUT2D eigenvalue weighted by Gasteiger charge is 2.24. The molecule has 1 rings (SSSR count). The summed E-state index contributed by atoms with van der Waals surface area (Å²) < 4.78 is 5.19. The van der Waals surface area contributed by atoms with Crippen molar-refractivity contribution in [3.05, 3.63) is 0 Å². The zero-order chi connectivity index (χ0) is 7.56. The fraction of sp³-hybridized carbons (Fsp3) is 0.857. The Morgan fingerprint density at radius 1 is 1.70 bits per heavy atom. The van der Waals surface area contributed by atoms with Crippen LogP contribution in [0.15, 0.2) is 0 Å². The molecule has 0 saturated carbocycles. The molecule has 0 bridgehead atoms. The normalized spacial score (nSPS) is 33.7. The Morgan fingerprint density at radius 2 is 2.40 bits per heavy atom. The standard InChI is InChI=1S/C7H12O3/c1-5-4-6(7(8)9)2-3-10-5/h5-6H,2-4H2,1H3,(H,8,9)/t5-,6-/m0/s1. The number of hydrogen-bond acceptors (Lipinski definition) is 2. The molecule has 1 aliphatic heterocycles. The second-order valence-electron chi connectivity index (χ2n) is 2.74. The van der Waals surface area contributed by atoms with Gasteiger partial charge in [0, 0.05) is 6.61 Å². The summed E-state index contributed by atoms with van der Waals surface area (Å²) >= 11 is 0. The smallest absolute Gasteiger partial charge is 0.306 e. The van der Waals surface area contributed by atoms with E-state index in [0.29, 0.717) is 19.4 Å². The molecule has 1 aliphatic rings. The van der Waals surface area contributed by atoms with Crippen molar-refractivity contribution in [2.75, 3.05) is 6.61 Å². The number of hydrogen-bond donors (Lipinski definition) is 1. The first-order valence-corrected chi connectivity index (χ1v) is 3.54. The van der Waals surface area contributed by atoms with Crippen molar-refractivity contribution >= 4 is 5.97 Å². The zero-order valence-corrected chi connectivity index (χ0v) is 6.04. The molecule has 2 atom stereocenters. The van der Waals surface area contributed by atoms with Gasteiger partial charge in [-0.2, -0.15) is 0 Å². The van der Waals surface area contributed by atoms with Gasteiger partial charge in [-0.1, -0.05) is 0 Å². The molecule has 1 saturated heterocycles. The fourth-order valence-corrected chi connectivity index (χ4v) is 1.22. The van der Waals surface area contributed by atoms with Gasteiger partial charge in [0.15, 0.2) is 0 Å². The molecule has 3 heteroatoms. The molecule has 1 fully saturated rings. The summed E-state index contributed by atoms with van der Waals surface area (Å²) in [6, 6.07) is 0.